The van der Waals surface area contributed by atoms with Gasteiger partial charge in [-0.15, -0.1) is 0 Å². The normalized spacial score (nSPS) is 19.2. The Balaban J connectivity index is 1.31. The summed E-state index contributed by atoms with van der Waals surface area (Å²) >= 11 is 0. The number of amides is 1. The van der Waals surface area contributed by atoms with Gasteiger partial charge < -0.3 is 14.4 Å². The summed E-state index contributed by atoms with van der Waals surface area (Å²) in [5.74, 6) is 2.15. The Hall–Kier alpha value is -3.39. The maximum atomic E-state index is 13.3. The maximum absolute atomic E-state index is 13.3. The first-order valence-corrected chi connectivity index (χ1v) is 11.3. The van der Waals surface area contributed by atoms with Gasteiger partial charge in [-0.2, -0.15) is 0 Å². The third-order valence-electron chi connectivity index (χ3n) is 6.57. The van der Waals surface area contributed by atoms with Crippen LogP contribution in [0.25, 0.3) is 10.9 Å². The second-order valence-corrected chi connectivity index (χ2v) is 8.40. The van der Waals surface area contributed by atoms with Crippen molar-refractivity contribution in [3.8, 4) is 11.5 Å². The smallest absolute Gasteiger partial charge is 0.249 e. The SMILES string of the molecule is COc1cc2ncnc(N3CCC(C(=O)N4OCC[C@H]4c4ccccc4)CC3)c2cc1OC. The molecule has 1 atom stereocenters. The molecule has 3 aromatic rings. The lowest BCUT2D eigenvalue weighted by Gasteiger charge is -2.35. The van der Waals surface area contributed by atoms with E-state index in [9.17, 15) is 4.79 Å². The molecule has 0 aliphatic carbocycles. The van der Waals surface area contributed by atoms with Gasteiger partial charge in [0.25, 0.3) is 0 Å². The summed E-state index contributed by atoms with van der Waals surface area (Å²) < 4.78 is 10.9. The number of hydrogen-bond acceptors (Lipinski definition) is 7. The molecule has 2 aliphatic rings. The predicted molar refractivity (Wildman–Crippen MR) is 124 cm³/mol. The van der Waals surface area contributed by atoms with E-state index in [4.69, 9.17) is 14.3 Å². The van der Waals surface area contributed by atoms with Gasteiger partial charge in [-0.1, -0.05) is 30.3 Å². The van der Waals surface area contributed by atoms with Crippen molar-refractivity contribution >= 4 is 22.6 Å². The lowest BCUT2D eigenvalue weighted by molar-refractivity contribution is -0.182. The van der Waals surface area contributed by atoms with Crippen LogP contribution in [0.4, 0.5) is 5.82 Å². The molecule has 172 valence electrons. The average molecular weight is 449 g/mol. The first-order valence-electron chi connectivity index (χ1n) is 11.3. The van der Waals surface area contributed by atoms with Crippen LogP contribution in [0.5, 0.6) is 11.5 Å². The van der Waals surface area contributed by atoms with Gasteiger partial charge in [0.1, 0.15) is 12.1 Å². The molecular weight excluding hydrogens is 420 g/mol. The van der Waals surface area contributed by atoms with Crippen LogP contribution in [-0.4, -0.2) is 54.9 Å². The summed E-state index contributed by atoms with van der Waals surface area (Å²) in [7, 11) is 3.23. The van der Waals surface area contributed by atoms with Gasteiger partial charge in [-0.25, -0.2) is 15.0 Å². The van der Waals surface area contributed by atoms with E-state index in [0.717, 1.165) is 54.6 Å². The molecule has 0 unspecified atom stereocenters. The molecule has 0 bridgehead atoms. The summed E-state index contributed by atoms with van der Waals surface area (Å²) in [4.78, 5) is 30.3. The number of ether oxygens (including phenoxy) is 2. The van der Waals surface area contributed by atoms with Gasteiger partial charge in [0.15, 0.2) is 11.5 Å². The highest BCUT2D eigenvalue weighted by Gasteiger charge is 2.37. The van der Waals surface area contributed by atoms with Crippen molar-refractivity contribution in [2.75, 3.05) is 38.8 Å². The summed E-state index contributed by atoms with van der Waals surface area (Å²) in [6.07, 6.45) is 3.90. The lowest BCUT2D eigenvalue weighted by atomic mass is 9.94. The minimum absolute atomic E-state index is 0.00928. The van der Waals surface area contributed by atoms with Crippen molar-refractivity contribution in [3.63, 3.8) is 0 Å². The van der Waals surface area contributed by atoms with Crippen LogP contribution in [-0.2, 0) is 9.63 Å². The molecule has 1 aromatic heterocycles. The highest BCUT2D eigenvalue weighted by Crippen LogP contribution is 2.37. The third-order valence-corrected chi connectivity index (χ3v) is 6.57. The highest BCUT2D eigenvalue weighted by atomic mass is 16.7. The number of piperidine rings is 1. The van der Waals surface area contributed by atoms with E-state index in [1.807, 2.05) is 30.3 Å². The lowest BCUT2D eigenvalue weighted by Crippen LogP contribution is -2.42. The molecule has 0 radical (unpaired) electrons. The third kappa shape index (κ3) is 4.06. The molecule has 8 heteroatoms. The number of methoxy groups -OCH3 is 2. The molecule has 8 nitrogen and oxygen atoms in total. The molecule has 2 saturated heterocycles. The fourth-order valence-corrected chi connectivity index (χ4v) is 4.80. The first kappa shape index (κ1) is 21.5. The summed E-state index contributed by atoms with van der Waals surface area (Å²) in [6.45, 7) is 2.05. The Kier molecular flexibility index (Phi) is 6.00. The van der Waals surface area contributed by atoms with Gasteiger partial charge in [0.2, 0.25) is 5.91 Å². The van der Waals surface area contributed by atoms with Gasteiger partial charge >= 0.3 is 0 Å². The van der Waals surface area contributed by atoms with E-state index < -0.39 is 0 Å². The number of carbonyl (C=O) groups excluding carboxylic acids is 1. The standard InChI is InChI=1S/C25H28N4O4/c1-31-22-14-19-20(15-23(22)32-2)26-16-27-24(19)28-11-8-18(9-12-28)25(30)29-21(10-13-33-29)17-6-4-3-5-7-17/h3-7,14-16,18,21H,8-13H2,1-2H3/t21-/m0/s1. The maximum Gasteiger partial charge on any atom is 0.249 e. The molecule has 0 saturated carbocycles. The van der Waals surface area contributed by atoms with Gasteiger partial charge in [0, 0.05) is 36.9 Å². The number of hydrogen-bond donors (Lipinski definition) is 0. The quantitative estimate of drug-likeness (QED) is 0.588. The van der Waals surface area contributed by atoms with Crippen LogP contribution in [0.2, 0.25) is 0 Å². The average Bonchev–Trinajstić information content (AvgIpc) is 3.37. The van der Waals surface area contributed by atoms with Crippen molar-refractivity contribution in [2.24, 2.45) is 5.92 Å². The number of fused-ring (bicyclic) bond motifs is 1. The van der Waals surface area contributed by atoms with E-state index in [1.165, 1.54) is 0 Å². The zero-order valence-corrected chi connectivity index (χ0v) is 18.9. The van der Waals surface area contributed by atoms with Crippen LogP contribution < -0.4 is 14.4 Å². The predicted octanol–water partition coefficient (Wildman–Crippen LogP) is 3.77. The Labute approximate surface area is 193 Å². The number of benzene rings is 2. The summed E-state index contributed by atoms with van der Waals surface area (Å²) in [6, 6.07) is 13.9. The monoisotopic (exact) mass is 448 g/mol. The van der Waals surface area contributed by atoms with E-state index in [1.54, 1.807) is 25.6 Å². The number of carbonyl (C=O) groups is 1. The number of nitrogens with zero attached hydrogens (tertiary/aromatic N) is 4. The number of aromatic nitrogens is 2. The van der Waals surface area contributed by atoms with Crippen molar-refractivity contribution < 1.29 is 19.1 Å². The van der Waals surface area contributed by atoms with Crippen molar-refractivity contribution in [1.29, 1.82) is 0 Å². The Morgan fingerprint density at radius 3 is 2.45 bits per heavy atom. The zero-order chi connectivity index (χ0) is 22.8. The molecular formula is C25H28N4O4. The fraction of sp³-hybridized carbons (Fsp3) is 0.400. The van der Waals surface area contributed by atoms with Gasteiger partial charge in [-0.05, 0) is 24.5 Å². The Morgan fingerprint density at radius 2 is 1.73 bits per heavy atom. The van der Waals surface area contributed by atoms with Crippen molar-refractivity contribution in [1.82, 2.24) is 15.0 Å². The zero-order valence-electron chi connectivity index (χ0n) is 18.9. The van der Waals surface area contributed by atoms with Crippen molar-refractivity contribution in [2.45, 2.75) is 25.3 Å². The summed E-state index contributed by atoms with van der Waals surface area (Å²) in [5, 5.41) is 2.53. The fourth-order valence-electron chi connectivity index (χ4n) is 4.80. The highest BCUT2D eigenvalue weighted by molar-refractivity contribution is 5.92. The second kappa shape index (κ2) is 9.23. The van der Waals surface area contributed by atoms with Crippen molar-refractivity contribution in [3.05, 3.63) is 54.4 Å². The molecule has 1 amide bonds. The largest absolute Gasteiger partial charge is 0.493 e. The second-order valence-electron chi connectivity index (χ2n) is 8.40. The van der Waals surface area contributed by atoms with Gasteiger partial charge in [0.05, 0.1) is 32.4 Å². The molecule has 2 aliphatic heterocycles. The first-order chi connectivity index (χ1) is 16.2. The topological polar surface area (TPSA) is 77.0 Å². The van der Waals surface area contributed by atoms with E-state index in [2.05, 4.69) is 27.0 Å². The minimum Gasteiger partial charge on any atom is -0.493 e. The van der Waals surface area contributed by atoms with E-state index in [-0.39, 0.29) is 17.9 Å². The summed E-state index contributed by atoms with van der Waals surface area (Å²) in [5.41, 5.74) is 1.92. The van der Waals surface area contributed by atoms with Crippen LogP contribution in [0, 0.1) is 5.92 Å². The van der Waals surface area contributed by atoms with Crippen LogP contribution in [0.3, 0.4) is 0 Å². The molecule has 2 fully saturated rings. The minimum atomic E-state index is -0.0618. The molecule has 0 N–H and O–H groups in total. The van der Waals surface area contributed by atoms with E-state index in [0.29, 0.717) is 18.1 Å². The molecule has 33 heavy (non-hydrogen) atoms. The molecule has 3 heterocycles. The number of anilines is 1. The van der Waals surface area contributed by atoms with Crippen LogP contribution in [0.15, 0.2) is 48.8 Å². The molecule has 0 spiro atoms. The number of rotatable bonds is 5. The van der Waals surface area contributed by atoms with Gasteiger partial charge in [-0.3, -0.25) is 9.63 Å². The van der Waals surface area contributed by atoms with Crippen LogP contribution >= 0.6 is 0 Å². The molecule has 5 rings (SSSR count). The van der Waals surface area contributed by atoms with Crippen LogP contribution in [0.1, 0.15) is 30.9 Å². The number of hydroxylamine groups is 2. The van der Waals surface area contributed by atoms with E-state index >= 15 is 0 Å². The Bertz CT molecular complexity index is 1130. The Morgan fingerprint density at radius 1 is 1.00 bits per heavy atom. The molecule has 2 aromatic carbocycles.